The Hall–Kier alpha value is -0.660. The van der Waals surface area contributed by atoms with Crippen LogP contribution in [0.15, 0.2) is 0 Å². The Kier molecular flexibility index (Phi) is 6.66. The molecular formula is C9H12BrF4NO2. The summed E-state index contributed by atoms with van der Waals surface area (Å²) in [6.07, 6.45) is -4.19. The lowest BCUT2D eigenvalue weighted by Gasteiger charge is -2.25. The molecule has 0 aliphatic rings. The number of halogens is 5. The molecule has 0 N–H and O–H groups in total. The first-order chi connectivity index (χ1) is 7.77. The molecule has 8 heteroatoms. The SMILES string of the molecule is CCN(CCC(=O)CBr)C(=O)C(F)(F)C(F)F. The van der Waals surface area contributed by atoms with E-state index in [0.29, 0.717) is 4.90 Å². The fourth-order valence-electron chi connectivity index (χ4n) is 1.03. The zero-order valence-corrected chi connectivity index (χ0v) is 10.6. The highest BCUT2D eigenvalue weighted by molar-refractivity contribution is 9.09. The van der Waals surface area contributed by atoms with Crippen LogP contribution < -0.4 is 0 Å². The van der Waals surface area contributed by atoms with Crippen molar-refractivity contribution in [3.8, 4) is 0 Å². The smallest absolute Gasteiger partial charge is 0.337 e. The lowest BCUT2D eigenvalue weighted by Crippen LogP contribution is -2.48. The second-order valence-corrected chi connectivity index (χ2v) is 3.79. The van der Waals surface area contributed by atoms with E-state index in [1.165, 1.54) is 6.92 Å². The summed E-state index contributed by atoms with van der Waals surface area (Å²) >= 11 is 2.87. The number of alkyl halides is 5. The van der Waals surface area contributed by atoms with Gasteiger partial charge in [-0.25, -0.2) is 8.78 Å². The lowest BCUT2D eigenvalue weighted by atomic mass is 10.2. The fourth-order valence-corrected chi connectivity index (χ4v) is 1.31. The first kappa shape index (κ1) is 16.3. The minimum absolute atomic E-state index is 0.0317. The van der Waals surface area contributed by atoms with Crippen molar-refractivity contribution < 1.29 is 27.2 Å². The summed E-state index contributed by atoms with van der Waals surface area (Å²) in [5, 5.41) is 0.0317. The quantitative estimate of drug-likeness (QED) is 0.532. The van der Waals surface area contributed by atoms with E-state index in [4.69, 9.17) is 0 Å². The second-order valence-electron chi connectivity index (χ2n) is 3.23. The van der Waals surface area contributed by atoms with Crippen LogP contribution in [0.1, 0.15) is 13.3 Å². The maximum Gasteiger partial charge on any atom is 0.383 e. The molecule has 3 nitrogen and oxygen atoms in total. The molecule has 0 aromatic carbocycles. The summed E-state index contributed by atoms with van der Waals surface area (Å²) in [5.41, 5.74) is 0. The Morgan fingerprint density at radius 3 is 2.24 bits per heavy atom. The number of carbonyl (C=O) groups is 2. The van der Waals surface area contributed by atoms with Gasteiger partial charge < -0.3 is 4.90 Å². The summed E-state index contributed by atoms with van der Waals surface area (Å²) in [6.45, 7) is 0.927. The van der Waals surface area contributed by atoms with Crippen LogP contribution in [-0.4, -0.2) is 47.4 Å². The van der Waals surface area contributed by atoms with Crippen LogP contribution in [0.3, 0.4) is 0 Å². The zero-order valence-electron chi connectivity index (χ0n) is 9.06. The molecule has 17 heavy (non-hydrogen) atoms. The van der Waals surface area contributed by atoms with Crippen molar-refractivity contribution in [2.45, 2.75) is 25.7 Å². The highest BCUT2D eigenvalue weighted by atomic mass is 79.9. The Morgan fingerprint density at radius 2 is 1.88 bits per heavy atom. The van der Waals surface area contributed by atoms with Gasteiger partial charge in [0.2, 0.25) is 0 Å². The Balaban J connectivity index is 4.56. The third-order valence-electron chi connectivity index (χ3n) is 2.04. The average Bonchev–Trinajstić information content (AvgIpc) is 2.28. The van der Waals surface area contributed by atoms with Crippen molar-refractivity contribution in [3.63, 3.8) is 0 Å². The molecule has 0 rings (SSSR count). The van der Waals surface area contributed by atoms with Crippen LogP contribution in [0.2, 0.25) is 0 Å². The number of hydrogen-bond donors (Lipinski definition) is 0. The first-order valence-corrected chi connectivity index (χ1v) is 5.92. The molecule has 0 atom stereocenters. The highest BCUT2D eigenvalue weighted by Gasteiger charge is 2.50. The van der Waals surface area contributed by atoms with E-state index in [1.807, 2.05) is 0 Å². The van der Waals surface area contributed by atoms with Gasteiger partial charge in [-0.1, -0.05) is 15.9 Å². The van der Waals surface area contributed by atoms with Crippen LogP contribution in [0, 0.1) is 0 Å². The van der Waals surface area contributed by atoms with E-state index < -0.39 is 18.3 Å². The minimum Gasteiger partial charge on any atom is -0.337 e. The van der Waals surface area contributed by atoms with Crippen molar-refractivity contribution in [2.24, 2.45) is 0 Å². The number of nitrogens with zero attached hydrogens (tertiary/aromatic N) is 1. The molecule has 0 aliphatic carbocycles. The molecular weight excluding hydrogens is 310 g/mol. The van der Waals surface area contributed by atoms with Crippen molar-refractivity contribution in [2.75, 3.05) is 18.4 Å². The van der Waals surface area contributed by atoms with Crippen molar-refractivity contribution in [3.05, 3.63) is 0 Å². The minimum atomic E-state index is -4.70. The first-order valence-electron chi connectivity index (χ1n) is 4.80. The van der Waals surface area contributed by atoms with Crippen LogP contribution in [0.5, 0.6) is 0 Å². The predicted octanol–water partition coefficient (Wildman–Crippen LogP) is 2.09. The van der Waals surface area contributed by atoms with Crippen LogP contribution in [0.25, 0.3) is 0 Å². The van der Waals surface area contributed by atoms with E-state index in [2.05, 4.69) is 15.9 Å². The third-order valence-corrected chi connectivity index (χ3v) is 2.66. The van der Waals surface area contributed by atoms with E-state index in [9.17, 15) is 27.2 Å². The molecule has 0 fully saturated rings. The molecule has 0 aromatic rings. The van der Waals surface area contributed by atoms with Crippen molar-refractivity contribution in [1.29, 1.82) is 0 Å². The number of amides is 1. The van der Waals surface area contributed by atoms with Gasteiger partial charge in [-0.15, -0.1) is 0 Å². The largest absolute Gasteiger partial charge is 0.383 e. The molecule has 0 radical (unpaired) electrons. The van der Waals surface area contributed by atoms with Gasteiger partial charge in [0.15, 0.2) is 0 Å². The Labute approximate surface area is 104 Å². The predicted molar refractivity (Wildman–Crippen MR) is 56.6 cm³/mol. The van der Waals surface area contributed by atoms with E-state index in [1.54, 1.807) is 0 Å². The summed E-state index contributed by atoms with van der Waals surface area (Å²) in [6, 6.07) is 0. The Morgan fingerprint density at radius 1 is 1.35 bits per heavy atom. The molecule has 1 amide bonds. The maximum atomic E-state index is 12.7. The fraction of sp³-hybridized carbons (Fsp3) is 0.778. The average molecular weight is 322 g/mol. The van der Waals surface area contributed by atoms with Gasteiger partial charge in [0.1, 0.15) is 5.78 Å². The number of rotatable bonds is 7. The molecule has 0 spiro atoms. The number of ketones is 1. The molecule has 0 unspecified atom stereocenters. The van der Waals surface area contributed by atoms with Crippen molar-refractivity contribution in [1.82, 2.24) is 4.90 Å². The normalized spacial score (nSPS) is 11.7. The van der Waals surface area contributed by atoms with E-state index in [0.717, 1.165) is 0 Å². The van der Waals surface area contributed by atoms with Crippen LogP contribution in [0.4, 0.5) is 17.6 Å². The molecule has 0 bridgehead atoms. The number of hydrogen-bond acceptors (Lipinski definition) is 2. The second kappa shape index (κ2) is 6.93. The van der Waals surface area contributed by atoms with Gasteiger partial charge >= 0.3 is 12.3 Å². The van der Waals surface area contributed by atoms with Gasteiger partial charge in [0, 0.05) is 19.5 Å². The zero-order chi connectivity index (χ0) is 13.6. The van der Waals surface area contributed by atoms with Gasteiger partial charge in [0.05, 0.1) is 5.33 Å². The van der Waals surface area contributed by atoms with Gasteiger partial charge in [-0.2, -0.15) is 8.78 Å². The number of carbonyl (C=O) groups excluding carboxylic acids is 2. The molecule has 100 valence electrons. The molecule has 0 heterocycles. The topological polar surface area (TPSA) is 37.4 Å². The molecule has 0 aliphatic heterocycles. The van der Waals surface area contributed by atoms with Gasteiger partial charge in [0.25, 0.3) is 5.91 Å². The lowest BCUT2D eigenvalue weighted by molar-refractivity contribution is -0.180. The van der Waals surface area contributed by atoms with Gasteiger partial charge in [-0.3, -0.25) is 9.59 Å². The monoisotopic (exact) mass is 321 g/mol. The Bertz CT molecular complexity index is 286. The maximum absolute atomic E-state index is 12.7. The van der Waals surface area contributed by atoms with E-state index >= 15 is 0 Å². The summed E-state index contributed by atoms with van der Waals surface area (Å²) in [4.78, 5) is 22.6. The molecule has 0 saturated carbocycles. The summed E-state index contributed by atoms with van der Waals surface area (Å²) in [5.74, 6) is -6.94. The summed E-state index contributed by atoms with van der Waals surface area (Å²) < 4.78 is 49.4. The van der Waals surface area contributed by atoms with Crippen LogP contribution >= 0.6 is 15.9 Å². The third kappa shape index (κ3) is 4.61. The molecule has 0 saturated heterocycles. The van der Waals surface area contributed by atoms with Crippen LogP contribution in [-0.2, 0) is 9.59 Å². The summed E-state index contributed by atoms with van der Waals surface area (Å²) in [7, 11) is 0. The molecule has 0 aromatic heterocycles. The standard InChI is InChI=1S/C9H12BrF4NO2/c1-2-15(4-3-6(16)5-10)8(17)9(13,14)7(11)12/h7H,2-5H2,1H3. The van der Waals surface area contributed by atoms with Gasteiger partial charge in [-0.05, 0) is 6.92 Å². The number of Topliss-reactive ketones (excluding diaryl/α,β-unsaturated/α-hetero) is 1. The highest BCUT2D eigenvalue weighted by Crippen LogP contribution is 2.25. The van der Waals surface area contributed by atoms with Crippen molar-refractivity contribution >= 4 is 27.6 Å². The van der Waals surface area contributed by atoms with E-state index in [-0.39, 0.29) is 30.6 Å².